The summed E-state index contributed by atoms with van der Waals surface area (Å²) in [7, 11) is 0. The van der Waals surface area contributed by atoms with Gasteiger partial charge in [-0.3, -0.25) is 4.79 Å². The van der Waals surface area contributed by atoms with Crippen molar-refractivity contribution in [2.75, 3.05) is 6.54 Å². The predicted octanol–water partition coefficient (Wildman–Crippen LogP) is 2.93. The Balaban J connectivity index is 2.66. The van der Waals surface area contributed by atoms with Crippen LogP contribution in [0, 0.1) is 17.8 Å². The molecule has 1 rings (SSSR count). The Morgan fingerprint density at radius 1 is 1.40 bits per heavy atom. The average Bonchev–Trinajstić information content (AvgIpc) is 2.57. The SMILES string of the molecule is CC[C@@H]1CC(C)CN1C(=O)C(C)C(C)C. The van der Waals surface area contributed by atoms with Crippen LogP contribution in [0.4, 0.5) is 0 Å². The van der Waals surface area contributed by atoms with E-state index in [9.17, 15) is 4.79 Å². The second-order valence-corrected chi connectivity index (χ2v) is 5.43. The van der Waals surface area contributed by atoms with E-state index in [2.05, 4.69) is 39.5 Å². The molecular weight excluding hydrogens is 186 g/mol. The molecule has 88 valence electrons. The minimum atomic E-state index is 0.171. The van der Waals surface area contributed by atoms with E-state index < -0.39 is 0 Å². The van der Waals surface area contributed by atoms with Crippen molar-refractivity contribution in [2.24, 2.45) is 17.8 Å². The molecule has 2 unspecified atom stereocenters. The number of hydrogen-bond acceptors (Lipinski definition) is 1. The van der Waals surface area contributed by atoms with Crippen LogP contribution < -0.4 is 0 Å². The molecule has 0 aromatic heterocycles. The topological polar surface area (TPSA) is 20.3 Å². The summed E-state index contributed by atoms with van der Waals surface area (Å²) in [5.41, 5.74) is 0. The molecule has 0 radical (unpaired) electrons. The fraction of sp³-hybridized carbons (Fsp3) is 0.923. The Hall–Kier alpha value is -0.530. The fourth-order valence-corrected chi connectivity index (χ4v) is 2.35. The van der Waals surface area contributed by atoms with Gasteiger partial charge in [0.25, 0.3) is 0 Å². The first-order valence-electron chi connectivity index (χ1n) is 6.27. The van der Waals surface area contributed by atoms with Crippen molar-refractivity contribution in [2.45, 2.75) is 53.5 Å². The number of carbonyl (C=O) groups is 1. The van der Waals surface area contributed by atoms with Crippen molar-refractivity contribution in [1.29, 1.82) is 0 Å². The number of rotatable bonds is 3. The summed E-state index contributed by atoms with van der Waals surface area (Å²) in [5.74, 6) is 1.66. The highest BCUT2D eigenvalue weighted by Gasteiger charge is 2.34. The molecule has 1 aliphatic heterocycles. The second-order valence-electron chi connectivity index (χ2n) is 5.43. The van der Waals surface area contributed by atoms with Gasteiger partial charge in [0, 0.05) is 18.5 Å². The standard InChI is InChI=1S/C13H25NO/c1-6-12-7-10(4)8-14(12)13(15)11(5)9(2)3/h9-12H,6-8H2,1-5H3/t10?,11?,12-/m1/s1. The van der Waals surface area contributed by atoms with Gasteiger partial charge in [-0.1, -0.05) is 34.6 Å². The Bertz CT molecular complexity index is 225. The highest BCUT2D eigenvalue weighted by molar-refractivity contribution is 5.79. The number of nitrogens with zero attached hydrogens (tertiary/aromatic N) is 1. The zero-order valence-corrected chi connectivity index (χ0v) is 10.8. The highest BCUT2D eigenvalue weighted by Crippen LogP contribution is 2.27. The van der Waals surface area contributed by atoms with E-state index in [4.69, 9.17) is 0 Å². The number of likely N-dealkylation sites (tertiary alicyclic amines) is 1. The van der Waals surface area contributed by atoms with Gasteiger partial charge in [0.05, 0.1) is 0 Å². The molecule has 1 saturated heterocycles. The molecule has 0 bridgehead atoms. The van der Waals surface area contributed by atoms with E-state index in [0.717, 1.165) is 13.0 Å². The molecule has 1 heterocycles. The van der Waals surface area contributed by atoms with Crippen LogP contribution in [0.15, 0.2) is 0 Å². The minimum Gasteiger partial charge on any atom is -0.339 e. The Morgan fingerprint density at radius 3 is 2.47 bits per heavy atom. The smallest absolute Gasteiger partial charge is 0.225 e. The van der Waals surface area contributed by atoms with Crippen LogP contribution >= 0.6 is 0 Å². The van der Waals surface area contributed by atoms with Gasteiger partial charge >= 0.3 is 0 Å². The monoisotopic (exact) mass is 211 g/mol. The zero-order chi connectivity index (χ0) is 11.6. The van der Waals surface area contributed by atoms with Gasteiger partial charge < -0.3 is 4.90 Å². The largest absolute Gasteiger partial charge is 0.339 e. The van der Waals surface area contributed by atoms with Crippen LogP contribution in [0.2, 0.25) is 0 Å². The maximum absolute atomic E-state index is 12.2. The van der Waals surface area contributed by atoms with Crippen LogP contribution in [-0.4, -0.2) is 23.4 Å². The van der Waals surface area contributed by atoms with E-state index in [0.29, 0.717) is 23.8 Å². The first-order valence-corrected chi connectivity index (χ1v) is 6.27. The van der Waals surface area contributed by atoms with Gasteiger partial charge in [0.2, 0.25) is 5.91 Å². The lowest BCUT2D eigenvalue weighted by Gasteiger charge is -2.28. The molecule has 1 fully saturated rings. The van der Waals surface area contributed by atoms with Crippen molar-refractivity contribution in [3.05, 3.63) is 0 Å². The van der Waals surface area contributed by atoms with Gasteiger partial charge in [0.1, 0.15) is 0 Å². The third-order valence-corrected chi connectivity index (χ3v) is 3.77. The molecule has 0 saturated carbocycles. The zero-order valence-electron chi connectivity index (χ0n) is 10.8. The van der Waals surface area contributed by atoms with Crippen molar-refractivity contribution in [3.8, 4) is 0 Å². The molecule has 0 N–H and O–H groups in total. The van der Waals surface area contributed by atoms with Crippen molar-refractivity contribution in [3.63, 3.8) is 0 Å². The lowest BCUT2D eigenvalue weighted by molar-refractivity contribution is -0.137. The molecule has 2 heteroatoms. The normalized spacial score (nSPS) is 28.5. The molecule has 1 aliphatic rings. The van der Waals surface area contributed by atoms with E-state index >= 15 is 0 Å². The van der Waals surface area contributed by atoms with Crippen LogP contribution in [0.5, 0.6) is 0 Å². The molecule has 0 aromatic carbocycles. The second kappa shape index (κ2) is 5.00. The third-order valence-electron chi connectivity index (χ3n) is 3.77. The summed E-state index contributed by atoms with van der Waals surface area (Å²) >= 11 is 0. The molecule has 0 aromatic rings. The summed E-state index contributed by atoms with van der Waals surface area (Å²) in [6.07, 6.45) is 2.29. The van der Waals surface area contributed by atoms with Crippen LogP contribution in [0.1, 0.15) is 47.5 Å². The first kappa shape index (κ1) is 12.5. The summed E-state index contributed by atoms with van der Waals surface area (Å²) in [5, 5.41) is 0. The van der Waals surface area contributed by atoms with Gasteiger partial charge in [-0.15, -0.1) is 0 Å². The van der Waals surface area contributed by atoms with Gasteiger partial charge in [-0.05, 0) is 24.7 Å². The number of hydrogen-bond donors (Lipinski definition) is 0. The Morgan fingerprint density at radius 2 is 2.00 bits per heavy atom. The molecule has 0 spiro atoms. The Labute approximate surface area is 94.0 Å². The first-order chi connectivity index (χ1) is 6.97. The highest BCUT2D eigenvalue weighted by atomic mass is 16.2. The molecule has 15 heavy (non-hydrogen) atoms. The van der Waals surface area contributed by atoms with Crippen LogP contribution in [0.3, 0.4) is 0 Å². The Kier molecular flexibility index (Phi) is 4.18. The summed E-state index contributed by atoms with van der Waals surface area (Å²) in [6, 6.07) is 0.494. The number of amides is 1. The van der Waals surface area contributed by atoms with Crippen molar-refractivity contribution < 1.29 is 4.79 Å². The van der Waals surface area contributed by atoms with Crippen LogP contribution in [-0.2, 0) is 4.79 Å². The molecule has 1 amide bonds. The minimum absolute atomic E-state index is 0.171. The average molecular weight is 211 g/mol. The lowest BCUT2D eigenvalue weighted by Crippen LogP contribution is -2.40. The quantitative estimate of drug-likeness (QED) is 0.703. The van der Waals surface area contributed by atoms with Crippen molar-refractivity contribution >= 4 is 5.91 Å². The lowest BCUT2D eigenvalue weighted by atomic mass is 9.96. The maximum Gasteiger partial charge on any atom is 0.225 e. The summed E-state index contributed by atoms with van der Waals surface area (Å²) in [6.45, 7) is 11.7. The van der Waals surface area contributed by atoms with Crippen LogP contribution in [0.25, 0.3) is 0 Å². The van der Waals surface area contributed by atoms with Gasteiger partial charge in [-0.2, -0.15) is 0 Å². The number of carbonyl (C=O) groups excluding carboxylic acids is 1. The van der Waals surface area contributed by atoms with Gasteiger partial charge in [0.15, 0.2) is 0 Å². The maximum atomic E-state index is 12.2. The summed E-state index contributed by atoms with van der Waals surface area (Å²) < 4.78 is 0. The molecular formula is C13H25NO. The van der Waals surface area contributed by atoms with E-state index in [1.165, 1.54) is 6.42 Å². The molecule has 2 nitrogen and oxygen atoms in total. The summed E-state index contributed by atoms with van der Waals surface area (Å²) in [4.78, 5) is 14.3. The third kappa shape index (κ3) is 2.73. The molecule has 0 aliphatic carbocycles. The van der Waals surface area contributed by atoms with Gasteiger partial charge in [-0.25, -0.2) is 0 Å². The predicted molar refractivity (Wildman–Crippen MR) is 63.6 cm³/mol. The van der Waals surface area contributed by atoms with E-state index in [-0.39, 0.29) is 5.92 Å². The van der Waals surface area contributed by atoms with E-state index in [1.54, 1.807) is 0 Å². The fourth-order valence-electron chi connectivity index (χ4n) is 2.35. The molecule has 3 atom stereocenters. The van der Waals surface area contributed by atoms with Crippen molar-refractivity contribution in [1.82, 2.24) is 4.90 Å². The van der Waals surface area contributed by atoms with E-state index in [1.807, 2.05) is 0 Å².